The first-order valence-electron chi connectivity index (χ1n) is 10.8. The summed E-state index contributed by atoms with van der Waals surface area (Å²) in [4.78, 5) is 29.9. The van der Waals surface area contributed by atoms with Crippen LogP contribution in [0.1, 0.15) is 23.7 Å². The van der Waals surface area contributed by atoms with Crippen LogP contribution in [0, 0.1) is 11.6 Å². The molecule has 0 fully saturated rings. The van der Waals surface area contributed by atoms with Gasteiger partial charge in [0.25, 0.3) is 11.5 Å². The molecule has 2 aromatic carbocycles. The third-order valence-corrected chi connectivity index (χ3v) is 5.10. The van der Waals surface area contributed by atoms with Gasteiger partial charge in [-0.25, -0.2) is 14.6 Å². The largest absolute Gasteiger partial charge is 0.394 e. The van der Waals surface area contributed by atoms with Crippen molar-refractivity contribution in [3.63, 3.8) is 0 Å². The fourth-order valence-corrected chi connectivity index (χ4v) is 3.48. The highest BCUT2D eigenvalue weighted by molar-refractivity contribution is 5.99. The first kappa shape index (κ1) is 24.0. The Balaban J connectivity index is 1.71. The van der Waals surface area contributed by atoms with Gasteiger partial charge in [-0.1, -0.05) is 24.3 Å². The van der Waals surface area contributed by atoms with Crippen molar-refractivity contribution < 1.29 is 23.5 Å². The zero-order chi connectivity index (χ0) is 24.9. The molecule has 35 heavy (non-hydrogen) atoms. The van der Waals surface area contributed by atoms with Gasteiger partial charge in [0.15, 0.2) is 0 Å². The lowest BCUT2D eigenvalue weighted by molar-refractivity contribution is 0.0168. The van der Waals surface area contributed by atoms with E-state index < -0.39 is 28.8 Å². The van der Waals surface area contributed by atoms with E-state index in [9.17, 15) is 9.59 Å². The van der Waals surface area contributed by atoms with E-state index in [-0.39, 0.29) is 31.0 Å². The zero-order valence-corrected chi connectivity index (χ0v) is 18.7. The molecule has 4 rings (SSSR count). The third-order valence-electron chi connectivity index (χ3n) is 5.10. The number of carbonyl (C=O) groups excluding carboxylic acids is 1. The number of fused-ring (bicyclic) bond motifs is 1. The van der Waals surface area contributed by atoms with Crippen molar-refractivity contribution in [3.05, 3.63) is 76.2 Å². The zero-order valence-electron chi connectivity index (χ0n) is 18.7. The summed E-state index contributed by atoms with van der Waals surface area (Å²) in [6.45, 7) is 1.41. The highest BCUT2D eigenvalue weighted by Gasteiger charge is 2.22. The monoisotopic (exact) mass is 484 g/mol. The lowest BCUT2D eigenvalue weighted by Crippen LogP contribution is -2.31. The van der Waals surface area contributed by atoms with Crippen LogP contribution in [0.4, 0.5) is 20.2 Å². The topological polar surface area (TPSA) is 123 Å². The van der Waals surface area contributed by atoms with E-state index in [2.05, 4.69) is 21.1 Å². The molecule has 2 heterocycles. The van der Waals surface area contributed by atoms with E-state index in [1.165, 1.54) is 29.1 Å². The van der Waals surface area contributed by atoms with Gasteiger partial charge in [0, 0.05) is 18.8 Å². The second-order valence-electron chi connectivity index (χ2n) is 7.51. The number of aryl methyl sites for hydroxylation is 1. The summed E-state index contributed by atoms with van der Waals surface area (Å²) in [5.74, 6) is -2.91. The molecule has 0 aliphatic heterocycles. The molecule has 0 spiro atoms. The molecule has 0 saturated carbocycles. The van der Waals surface area contributed by atoms with Gasteiger partial charge in [0.1, 0.15) is 11.3 Å². The number of nitrogens with zero attached hydrogens (tertiary/aromatic N) is 4. The molecule has 3 N–H and O–H groups in total. The first-order chi connectivity index (χ1) is 16.9. The summed E-state index contributed by atoms with van der Waals surface area (Å²) < 4.78 is 32.6. The minimum absolute atomic E-state index is 0.169. The van der Waals surface area contributed by atoms with Crippen LogP contribution in [0.25, 0.3) is 16.7 Å². The lowest BCUT2D eigenvalue weighted by atomic mass is 10.1. The Bertz CT molecular complexity index is 1440. The predicted octanol–water partition coefficient (Wildman–Crippen LogP) is 2.67. The average Bonchev–Trinajstić information content (AvgIpc) is 3.29. The number of para-hydroxylation sites is 1. The number of aliphatic hydroxyl groups is 1. The average molecular weight is 484 g/mol. The number of amides is 1. The van der Waals surface area contributed by atoms with Crippen LogP contribution >= 0.6 is 0 Å². The summed E-state index contributed by atoms with van der Waals surface area (Å²) >= 11 is 0. The number of anilines is 2. The predicted molar refractivity (Wildman–Crippen MR) is 124 cm³/mol. The quantitative estimate of drug-likeness (QED) is 0.247. The van der Waals surface area contributed by atoms with Crippen LogP contribution in [-0.4, -0.2) is 43.8 Å². The maximum Gasteiger partial charge on any atom is 0.288 e. The van der Waals surface area contributed by atoms with Gasteiger partial charge in [0.05, 0.1) is 41.4 Å². The molecule has 0 saturated heterocycles. The number of carbonyl (C=O) groups is 1. The summed E-state index contributed by atoms with van der Waals surface area (Å²) in [7, 11) is 0. The van der Waals surface area contributed by atoms with E-state index in [1.54, 1.807) is 31.2 Å². The first-order valence-corrected chi connectivity index (χ1v) is 10.8. The summed E-state index contributed by atoms with van der Waals surface area (Å²) in [5.41, 5.74) is 1.81. The van der Waals surface area contributed by atoms with Crippen molar-refractivity contribution >= 4 is 28.3 Å². The van der Waals surface area contributed by atoms with Crippen LogP contribution in [0.2, 0.25) is 0 Å². The number of hydrogen-bond donors (Lipinski definition) is 3. The van der Waals surface area contributed by atoms with E-state index in [0.717, 1.165) is 4.57 Å². The van der Waals surface area contributed by atoms with Crippen LogP contribution < -0.4 is 16.4 Å². The molecule has 10 nitrogen and oxygen atoms in total. The molecule has 0 bridgehead atoms. The van der Waals surface area contributed by atoms with Gasteiger partial charge in [-0.3, -0.25) is 14.4 Å². The molecule has 0 atom stereocenters. The van der Waals surface area contributed by atoms with Crippen LogP contribution in [0.5, 0.6) is 0 Å². The number of benzene rings is 2. The Kier molecular flexibility index (Phi) is 7.13. The molecule has 0 aliphatic carbocycles. The molecular weight excluding hydrogens is 462 g/mol. The van der Waals surface area contributed by atoms with Gasteiger partial charge in [-0.15, -0.1) is 5.10 Å². The third kappa shape index (κ3) is 4.88. The maximum absolute atomic E-state index is 15.1. The molecule has 1 amide bonds. The molecule has 182 valence electrons. The summed E-state index contributed by atoms with van der Waals surface area (Å²) in [6, 6.07) is 11.2. The number of hydroxylamine groups is 1. The lowest BCUT2D eigenvalue weighted by Gasteiger charge is -2.16. The van der Waals surface area contributed by atoms with Gasteiger partial charge in [0.2, 0.25) is 5.82 Å². The number of rotatable bonds is 9. The van der Waals surface area contributed by atoms with E-state index in [4.69, 9.17) is 9.94 Å². The number of aliphatic hydroxyl groups excluding tert-OH is 1. The summed E-state index contributed by atoms with van der Waals surface area (Å²) in [6.07, 6.45) is 1.68. The van der Waals surface area contributed by atoms with Crippen LogP contribution in [-0.2, 0) is 11.4 Å². The highest BCUT2D eigenvalue weighted by atomic mass is 19.1. The Morgan fingerprint density at radius 1 is 1.20 bits per heavy atom. The standard InChI is InChI=1S/C23H22F2N6O4/c1-2-9-30-13-15(22(33)28-35-11-10-32)21(20(25)23(30)34)26-17-8-7-14(12-16(17)24)31-19-6-4-3-5-18(19)27-29-31/h3-8,12-13,26,32H,2,9-11H2,1H3,(H,28,33). The van der Waals surface area contributed by atoms with Crippen molar-refractivity contribution in [2.45, 2.75) is 19.9 Å². The van der Waals surface area contributed by atoms with E-state index in [0.29, 0.717) is 23.1 Å². The molecule has 0 aliphatic rings. The number of pyridine rings is 1. The Morgan fingerprint density at radius 2 is 2.00 bits per heavy atom. The van der Waals surface area contributed by atoms with Crippen molar-refractivity contribution in [3.8, 4) is 5.69 Å². The number of aromatic nitrogens is 4. The highest BCUT2D eigenvalue weighted by Crippen LogP contribution is 2.27. The molecular formula is C23H22F2N6O4. The Morgan fingerprint density at radius 3 is 2.74 bits per heavy atom. The van der Waals surface area contributed by atoms with Gasteiger partial charge in [-0.2, -0.15) is 4.39 Å². The Labute approximate surface area is 197 Å². The van der Waals surface area contributed by atoms with Crippen molar-refractivity contribution in [2.75, 3.05) is 18.5 Å². The van der Waals surface area contributed by atoms with Gasteiger partial charge >= 0.3 is 0 Å². The summed E-state index contributed by atoms with van der Waals surface area (Å²) in [5, 5.41) is 19.4. The number of nitrogens with one attached hydrogen (secondary N) is 2. The maximum atomic E-state index is 15.1. The van der Waals surface area contributed by atoms with Crippen molar-refractivity contribution in [1.29, 1.82) is 0 Å². The van der Waals surface area contributed by atoms with E-state index in [1.807, 2.05) is 0 Å². The minimum Gasteiger partial charge on any atom is -0.394 e. The normalized spacial score (nSPS) is 11.1. The Hall–Kier alpha value is -4.16. The molecule has 12 heteroatoms. The van der Waals surface area contributed by atoms with Crippen LogP contribution in [0.3, 0.4) is 0 Å². The molecule has 0 unspecified atom stereocenters. The number of halogens is 2. The minimum atomic E-state index is -1.25. The fourth-order valence-electron chi connectivity index (χ4n) is 3.48. The van der Waals surface area contributed by atoms with E-state index >= 15 is 8.78 Å². The fraction of sp³-hybridized carbons (Fsp3) is 0.217. The SMILES string of the molecule is CCCn1cc(C(=O)NOCCO)c(Nc2ccc(-n3nnc4ccccc43)cc2F)c(F)c1=O. The van der Waals surface area contributed by atoms with Crippen molar-refractivity contribution in [2.24, 2.45) is 0 Å². The van der Waals surface area contributed by atoms with Gasteiger partial charge in [-0.05, 0) is 30.7 Å². The second-order valence-corrected chi connectivity index (χ2v) is 7.51. The number of hydrogen-bond acceptors (Lipinski definition) is 7. The van der Waals surface area contributed by atoms with Crippen LogP contribution in [0.15, 0.2) is 53.5 Å². The van der Waals surface area contributed by atoms with Gasteiger partial charge < -0.3 is 15.0 Å². The smallest absolute Gasteiger partial charge is 0.288 e. The second kappa shape index (κ2) is 10.4. The molecule has 4 aromatic rings. The molecule has 2 aromatic heterocycles. The van der Waals surface area contributed by atoms with Crippen molar-refractivity contribution in [1.82, 2.24) is 25.0 Å². The molecule has 0 radical (unpaired) electrons.